The number of phenolic OH excluding ortho intramolecular Hbond substituents is 1. The first-order valence-electron chi connectivity index (χ1n) is 7.60. The lowest BCUT2D eigenvalue weighted by Gasteiger charge is -2.08. The number of carbonyl (C=O) groups is 1. The standard InChI is InChI=1S/C19H16FNO3/c1-2-24-19(23)16-8-5-14-10-13(11-21-17(14)18(16)22)9-12-3-6-15(20)7-4-12/h3-8,10-11,22H,2,9H2,1H3. The highest BCUT2D eigenvalue weighted by atomic mass is 19.1. The van der Waals surface area contributed by atoms with E-state index >= 15 is 0 Å². The van der Waals surface area contributed by atoms with Crippen LogP contribution in [-0.4, -0.2) is 22.7 Å². The van der Waals surface area contributed by atoms with Gasteiger partial charge in [0.15, 0.2) is 5.75 Å². The van der Waals surface area contributed by atoms with Gasteiger partial charge in [-0.3, -0.25) is 4.98 Å². The van der Waals surface area contributed by atoms with Gasteiger partial charge in [-0.15, -0.1) is 0 Å². The Bertz CT molecular complexity index is 891. The third kappa shape index (κ3) is 3.20. The van der Waals surface area contributed by atoms with Gasteiger partial charge in [-0.25, -0.2) is 9.18 Å². The van der Waals surface area contributed by atoms with Gasteiger partial charge < -0.3 is 9.84 Å². The van der Waals surface area contributed by atoms with Crippen LogP contribution in [0.4, 0.5) is 4.39 Å². The van der Waals surface area contributed by atoms with E-state index in [0.717, 1.165) is 16.5 Å². The number of esters is 1. The number of halogens is 1. The van der Waals surface area contributed by atoms with Crippen LogP contribution >= 0.6 is 0 Å². The Morgan fingerprint density at radius 3 is 2.62 bits per heavy atom. The number of hydrogen-bond donors (Lipinski definition) is 1. The smallest absolute Gasteiger partial charge is 0.341 e. The fraction of sp³-hybridized carbons (Fsp3) is 0.158. The number of rotatable bonds is 4. The Kier molecular flexibility index (Phi) is 4.42. The zero-order chi connectivity index (χ0) is 17.1. The van der Waals surface area contributed by atoms with Gasteiger partial charge in [0.25, 0.3) is 0 Å². The van der Waals surface area contributed by atoms with E-state index in [0.29, 0.717) is 11.9 Å². The van der Waals surface area contributed by atoms with E-state index in [-0.39, 0.29) is 23.7 Å². The Morgan fingerprint density at radius 2 is 1.92 bits per heavy atom. The van der Waals surface area contributed by atoms with Crippen LogP contribution in [0.15, 0.2) is 48.7 Å². The molecular formula is C19H16FNO3. The number of nitrogens with zero attached hydrogens (tertiary/aromatic N) is 1. The zero-order valence-corrected chi connectivity index (χ0v) is 13.1. The van der Waals surface area contributed by atoms with Crippen molar-refractivity contribution >= 4 is 16.9 Å². The largest absolute Gasteiger partial charge is 0.505 e. The average Bonchev–Trinajstić information content (AvgIpc) is 2.57. The van der Waals surface area contributed by atoms with Crippen LogP contribution in [0, 0.1) is 5.82 Å². The molecule has 0 radical (unpaired) electrons. The van der Waals surface area contributed by atoms with Gasteiger partial charge in [-0.1, -0.05) is 18.2 Å². The number of pyridine rings is 1. The van der Waals surface area contributed by atoms with Crippen molar-refractivity contribution in [2.24, 2.45) is 0 Å². The molecule has 24 heavy (non-hydrogen) atoms. The first kappa shape index (κ1) is 15.9. The van der Waals surface area contributed by atoms with Crippen molar-refractivity contribution in [1.82, 2.24) is 4.98 Å². The van der Waals surface area contributed by atoms with E-state index in [9.17, 15) is 14.3 Å². The number of ether oxygens (including phenoxy) is 1. The number of aromatic hydroxyl groups is 1. The Balaban J connectivity index is 1.93. The van der Waals surface area contributed by atoms with Gasteiger partial charge in [-0.2, -0.15) is 0 Å². The molecule has 1 aromatic heterocycles. The Labute approximate surface area is 138 Å². The molecule has 1 N–H and O–H groups in total. The molecular weight excluding hydrogens is 309 g/mol. The van der Waals surface area contributed by atoms with E-state index in [1.165, 1.54) is 18.2 Å². The molecule has 0 spiro atoms. The number of hydrogen-bond acceptors (Lipinski definition) is 4. The molecule has 0 bridgehead atoms. The predicted molar refractivity (Wildman–Crippen MR) is 88.6 cm³/mol. The molecule has 5 heteroatoms. The summed E-state index contributed by atoms with van der Waals surface area (Å²) >= 11 is 0. The molecule has 0 aliphatic carbocycles. The van der Waals surface area contributed by atoms with Crippen LogP contribution in [0.3, 0.4) is 0 Å². The summed E-state index contributed by atoms with van der Waals surface area (Å²) in [5, 5.41) is 11.0. The summed E-state index contributed by atoms with van der Waals surface area (Å²) in [6, 6.07) is 11.4. The Morgan fingerprint density at radius 1 is 1.17 bits per heavy atom. The minimum atomic E-state index is -0.575. The molecule has 3 aromatic rings. The highest BCUT2D eigenvalue weighted by Gasteiger charge is 2.15. The van der Waals surface area contributed by atoms with E-state index in [1.54, 1.807) is 31.3 Å². The maximum atomic E-state index is 13.0. The van der Waals surface area contributed by atoms with Crippen LogP contribution in [-0.2, 0) is 11.2 Å². The topological polar surface area (TPSA) is 59.4 Å². The lowest BCUT2D eigenvalue weighted by atomic mass is 10.0. The molecule has 0 saturated carbocycles. The highest BCUT2D eigenvalue weighted by molar-refractivity contribution is 5.99. The van der Waals surface area contributed by atoms with Crippen LogP contribution < -0.4 is 0 Å². The second-order valence-corrected chi connectivity index (χ2v) is 5.40. The van der Waals surface area contributed by atoms with Crippen molar-refractivity contribution in [3.63, 3.8) is 0 Å². The van der Waals surface area contributed by atoms with E-state index in [2.05, 4.69) is 4.98 Å². The number of aromatic nitrogens is 1. The lowest BCUT2D eigenvalue weighted by Crippen LogP contribution is -2.05. The van der Waals surface area contributed by atoms with Crippen LogP contribution in [0.2, 0.25) is 0 Å². The summed E-state index contributed by atoms with van der Waals surface area (Å²) in [5.74, 6) is -1.03. The van der Waals surface area contributed by atoms with Crippen molar-refractivity contribution in [3.05, 3.63) is 71.2 Å². The van der Waals surface area contributed by atoms with Gasteiger partial charge in [0.05, 0.1) is 6.61 Å². The minimum Gasteiger partial charge on any atom is -0.505 e. The van der Waals surface area contributed by atoms with Crippen molar-refractivity contribution in [1.29, 1.82) is 0 Å². The van der Waals surface area contributed by atoms with Gasteiger partial charge >= 0.3 is 5.97 Å². The first-order chi connectivity index (χ1) is 11.6. The first-order valence-corrected chi connectivity index (χ1v) is 7.60. The zero-order valence-electron chi connectivity index (χ0n) is 13.1. The van der Waals surface area contributed by atoms with Crippen LogP contribution in [0.25, 0.3) is 10.9 Å². The summed E-state index contributed by atoms with van der Waals surface area (Å²) in [5.41, 5.74) is 2.34. The Hall–Kier alpha value is -2.95. The number of benzene rings is 2. The van der Waals surface area contributed by atoms with E-state index in [4.69, 9.17) is 4.74 Å². The SMILES string of the molecule is CCOC(=O)c1ccc2cc(Cc3ccc(F)cc3)cnc2c1O. The minimum absolute atomic E-state index is 0.100. The number of fused-ring (bicyclic) bond motifs is 1. The van der Waals surface area contributed by atoms with Crippen molar-refractivity contribution in [3.8, 4) is 5.75 Å². The molecule has 1 heterocycles. The van der Waals surface area contributed by atoms with Crippen LogP contribution in [0.5, 0.6) is 5.75 Å². The van der Waals surface area contributed by atoms with E-state index < -0.39 is 5.97 Å². The van der Waals surface area contributed by atoms with Gasteiger partial charge in [0, 0.05) is 11.6 Å². The predicted octanol–water partition coefficient (Wildman–Crippen LogP) is 3.85. The monoisotopic (exact) mass is 325 g/mol. The third-order valence-electron chi connectivity index (χ3n) is 3.70. The molecule has 0 saturated heterocycles. The number of carbonyl (C=O) groups excluding carboxylic acids is 1. The quantitative estimate of drug-likeness (QED) is 0.740. The van der Waals surface area contributed by atoms with Crippen molar-refractivity contribution in [2.45, 2.75) is 13.3 Å². The van der Waals surface area contributed by atoms with E-state index in [1.807, 2.05) is 6.07 Å². The average molecular weight is 325 g/mol. The number of phenols is 1. The van der Waals surface area contributed by atoms with Crippen molar-refractivity contribution < 1.29 is 19.0 Å². The van der Waals surface area contributed by atoms with Gasteiger partial charge in [0.2, 0.25) is 0 Å². The van der Waals surface area contributed by atoms with Gasteiger partial charge in [-0.05, 0) is 48.7 Å². The fourth-order valence-electron chi connectivity index (χ4n) is 2.54. The molecule has 4 nitrogen and oxygen atoms in total. The summed E-state index contributed by atoms with van der Waals surface area (Å²) in [4.78, 5) is 16.1. The normalized spacial score (nSPS) is 10.8. The second kappa shape index (κ2) is 6.66. The summed E-state index contributed by atoms with van der Waals surface area (Å²) in [6.07, 6.45) is 2.24. The second-order valence-electron chi connectivity index (χ2n) is 5.40. The molecule has 0 unspecified atom stereocenters. The molecule has 3 rings (SSSR count). The van der Waals surface area contributed by atoms with Crippen LogP contribution in [0.1, 0.15) is 28.4 Å². The van der Waals surface area contributed by atoms with Crippen molar-refractivity contribution in [2.75, 3.05) is 6.61 Å². The summed E-state index contributed by atoms with van der Waals surface area (Å²) in [6.45, 7) is 1.94. The molecule has 0 aliphatic heterocycles. The lowest BCUT2D eigenvalue weighted by molar-refractivity contribution is 0.0523. The maximum absolute atomic E-state index is 13.0. The maximum Gasteiger partial charge on any atom is 0.341 e. The molecule has 2 aromatic carbocycles. The van der Waals surface area contributed by atoms with Gasteiger partial charge in [0.1, 0.15) is 16.9 Å². The molecule has 122 valence electrons. The third-order valence-corrected chi connectivity index (χ3v) is 3.70. The summed E-state index contributed by atoms with van der Waals surface area (Å²) in [7, 11) is 0. The molecule has 0 fully saturated rings. The highest BCUT2D eigenvalue weighted by Crippen LogP contribution is 2.28. The molecule has 0 aliphatic rings. The molecule has 0 amide bonds. The molecule has 0 atom stereocenters. The summed E-state index contributed by atoms with van der Waals surface area (Å²) < 4.78 is 17.9. The fourth-order valence-corrected chi connectivity index (χ4v) is 2.54.